The van der Waals surface area contributed by atoms with Crippen molar-refractivity contribution in [3.05, 3.63) is 35.6 Å². The molecule has 1 atom stereocenters. The second-order valence-corrected chi connectivity index (χ2v) is 5.27. The van der Waals surface area contributed by atoms with Crippen LogP contribution in [0.15, 0.2) is 24.3 Å². The Morgan fingerprint density at radius 2 is 1.89 bits per heavy atom. The van der Waals surface area contributed by atoms with Gasteiger partial charge >= 0.3 is 0 Å². The molecule has 1 saturated carbocycles. The third-order valence-corrected chi connectivity index (χ3v) is 3.96. The largest absolute Gasteiger partial charge is 0.388 e. The summed E-state index contributed by atoms with van der Waals surface area (Å²) in [6.07, 6.45) is 5.44. The third kappa shape index (κ3) is 3.53. The molecular weight excluding hydrogens is 229 g/mol. The second kappa shape index (κ2) is 6.30. The van der Waals surface area contributed by atoms with Crippen LogP contribution in [0.4, 0.5) is 4.39 Å². The van der Waals surface area contributed by atoms with E-state index in [-0.39, 0.29) is 5.82 Å². The van der Waals surface area contributed by atoms with Gasteiger partial charge in [-0.2, -0.15) is 0 Å². The van der Waals surface area contributed by atoms with E-state index in [0.29, 0.717) is 12.5 Å². The van der Waals surface area contributed by atoms with Gasteiger partial charge in [-0.05, 0) is 44.0 Å². The number of nitrogens with zero attached hydrogens (tertiary/aromatic N) is 1. The lowest BCUT2D eigenvalue weighted by Gasteiger charge is -2.25. The maximum absolute atomic E-state index is 12.8. The van der Waals surface area contributed by atoms with Gasteiger partial charge in [0.15, 0.2) is 0 Å². The summed E-state index contributed by atoms with van der Waals surface area (Å²) in [6.45, 7) is 0.892. The van der Waals surface area contributed by atoms with Crippen molar-refractivity contribution < 1.29 is 9.50 Å². The highest BCUT2D eigenvalue weighted by Crippen LogP contribution is 2.24. The van der Waals surface area contributed by atoms with Crippen molar-refractivity contribution in [2.24, 2.45) is 0 Å². The lowest BCUT2D eigenvalue weighted by Crippen LogP contribution is -2.30. The van der Waals surface area contributed by atoms with Crippen LogP contribution >= 0.6 is 0 Å². The smallest absolute Gasteiger partial charge is 0.123 e. The topological polar surface area (TPSA) is 23.5 Å². The first-order valence-corrected chi connectivity index (χ1v) is 6.80. The van der Waals surface area contributed by atoms with Crippen LogP contribution in [0.2, 0.25) is 0 Å². The lowest BCUT2D eigenvalue weighted by molar-refractivity contribution is 0.137. The van der Waals surface area contributed by atoms with E-state index in [0.717, 1.165) is 12.1 Å². The van der Waals surface area contributed by atoms with E-state index >= 15 is 0 Å². The predicted molar refractivity (Wildman–Crippen MR) is 70.9 cm³/mol. The molecule has 1 aliphatic rings. The summed E-state index contributed by atoms with van der Waals surface area (Å²) in [5.74, 6) is -0.256. The minimum atomic E-state index is -0.491. The molecule has 1 fully saturated rings. The fourth-order valence-corrected chi connectivity index (χ4v) is 2.71. The highest BCUT2D eigenvalue weighted by atomic mass is 19.1. The van der Waals surface area contributed by atoms with Gasteiger partial charge in [0.1, 0.15) is 5.82 Å². The van der Waals surface area contributed by atoms with E-state index in [1.54, 1.807) is 12.1 Å². The standard InChI is InChI=1S/C15H22FNO/c1-17(14-4-2-3-5-14)11-10-15(18)12-6-8-13(16)9-7-12/h6-9,14-15,18H,2-5,10-11H2,1H3. The summed E-state index contributed by atoms with van der Waals surface area (Å²) in [6, 6.07) is 6.81. The molecule has 1 N–H and O–H groups in total. The van der Waals surface area contributed by atoms with E-state index in [4.69, 9.17) is 0 Å². The van der Waals surface area contributed by atoms with Gasteiger partial charge in [-0.15, -0.1) is 0 Å². The molecule has 0 amide bonds. The number of benzene rings is 1. The van der Waals surface area contributed by atoms with E-state index in [9.17, 15) is 9.50 Å². The fourth-order valence-electron chi connectivity index (χ4n) is 2.71. The number of hydrogen-bond donors (Lipinski definition) is 1. The first kappa shape index (κ1) is 13.5. The Bertz CT molecular complexity index is 359. The molecule has 0 spiro atoms. The van der Waals surface area contributed by atoms with E-state index in [1.807, 2.05) is 0 Å². The number of halogens is 1. The van der Waals surface area contributed by atoms with E-state index in [2.05, 4.69) is 11.9 Å². The number of rotatable bonds is 5. The van der Waals surface area contributed by atoms with Gasteiger partial charge in [-0.1, -0.05) is 25.0 Å². The molecule has 1 aromatic carbocycles. The fraction of sp³-hybridized carbons (Fsp3) is 0.600. The molecule has 2 nitrogen and oxygen atoms in total. The highest BCUT2D eigenvalue weighted by Gasteiger charge is 2.20. The molecule has 18 heavy (non-hydrogen) atoms. The summed E-state index contributed by atoms with van der Waals surface area (Å²) >= 11 is 0. The van der Waals surface area contributed by atoms with Gasteiger partial charge in [-0.25, -0.2) is 4.39 Å². The predicted octanol–water partition coefficient (Wildman–Crippen LogP) is 3.12. The van der Waals surface area contributed by atoms with Crippen molar-refractivity contribution in [1.29, 1.82) is 0 Å². The van der Waals surface area contributed by atoms with Crippen molar-refractivity contribution in [2.75, 3.05) is 13.6 Å². The average Bonchev–Trinajstić information content (AvgIpc) is 2.90. The molecule has 2 rings (SSSR count). The van der Waals surface area contributed by atoms with Gasteiger partial charge < -0.3 is 10.0 Å². The Kier molecular flexibility index (Phi) is 4.72. The molecule has 0 bridgehead atoms. The van der Waals surface area contributed by atoms with Crippen LogP contribution in [0, 0.1) is 5.82 Å². The number of aliphatic hydroxyl groups excluding tert-OH is 1. The Morgan fingerprint density at radius 3 is 2.50 bits per heavy atom. The molecule has 1 unspecified atom stereocenters. The molecule has 0 saturated heterocycles. The van der Waals surface area contributed by atoms with Crippen LogP contribution in [0.1, 0.15) is 43.8 Å². The molecule has 1 aromatic rings. The maximum atomic E-state index is 12.8. The minimum absolute atomic E-state index is 0.256. The van der Waals surface area contributed by atoms with Crippen molar-refractivity contribution in [2.45, 2.75) is 44.2 Å². The summed E-state index contributed by atoms with van der Waals surface area (Å²) in [5.41, 5.74) is 0.802. The average molecular weight is 251 g/mol. The van der Waals surface area contributed by atoms with Gasteiger partial charge in [0.25, 0.3) is 0 Å². The molecule has 1 aliphatic carbocycles. The van der Waals surface area contributed by atoms with Gasteiger partial charge in [0.2, 0.25) is 0 Å². The normalized spacial score (nSPS) is 18.4. The van der Waals surface area contributed by atoms with E-state index < -0.39 is 6.10 Å². The molecule has 100 valence electrons. The molecule has 0 heterocycles. The quantitative estimate of drug-likeness (QED) is 0.869. The summed E-state index contributed by atoms with van der Waals surface area (Å²) < 4.78 is 12.8. The van der Waals surface area contributed by atoms with E-state index in [1.165, 1.54) is 37.8 Å². The van der Waals surface area contributed by atoms with Crippen LogP contribution in [-0.2, 0) is 0 Å². The number of hydrogen-bond acceptors (Lipinski definition) is 2. The zero-order valence-corrected chi connectivity index (χ0v) is 11.0. The van der Waals surface area contributed by atoms with Crippen molar-refractivity contribution in [1.82, 2.24) is 4.90 Å². The molecular formula is C15H22FNO. The maximum Gasteiger partial charge on any atom is 0.123 e. The second-order valence-electron chi connectivity index (χ2n) is 5.27. The summed E-state index contributed by atoms with van der Waals surface area (Å²) in [5, 5.41) is 10.1. The summed E-state index contributed by atoms with van der Waals surface area (Å²) in [7, 11) is 2.13. The molecule has 0 aromatic heterocycles. The zero-order valence-electron chi connectivity index (χ0n) is 11.0. The van der Waals surface area contributed by atoms with Crippen molar-refractivity contribution >= 4 is 0 Å². The van der Waals surface area contributed by atoms with Crippen molar-refractivity contribution in [3.8, 4) is 0 Å². The van der Waals surface area contributed by atoms with Crippen LogP contribution in [0.3, 0.4) is 0 Å². The van der Waals surface area contributed by atoms with Crippen LogP contribution < -0.4 is 0 Å². The molecule has 0 radical (unpaired) electrons. The van der Waals surface area contributed by atoms with Gasteiger partial charge in [0, 0.05) is 12.6 Å². The van der Waals surface area contributed by atoms with Gasteiger partial charge in [0.05, 0.1) is 6.10 Å². The highest BCUT2D eigenvalue weighted by molar-refractivity contribution is 5.18. The first-order chi connectivity index (χ1) is 8.66. The Labute approximate surface area is 108 Å². The molecule has 0 aliphatic heterocycles. The third-order valence-electron chi connectivity index (χ3n) is 3.96. The van der Waals surface area contributed by atoms with Crippen LogP contribution in [-0.4, -0.2) is 29.6 Å². The lowest BCUT2D eigenvalue weighted by atomic mass is 10.1. The minimum Gasteiger partial charge on any atom is -0.388 e. The Balaban J connectivity index is 1.80. The van der Waals surface area contributed by atoms with Crippen LogP contribution in [0.5, 0.6) is 0 Å². The van der Waals surface area contributed by atoms with Crippen molar-refractivity contribution in [3.63, 3.8) is 0 Å². The number of aliphatic hydroxyl groups is 1. The first-order valence-electron chi connectivity index (χ1n) is 6.80. The zero-order chi connectivity index (χ0) is 13.0. The Morgan fingerprint density at radius 1 is 1.28 bits per heavy atom. The summed E-state index contributed by atoms with van der Waals surface area (Å²) in [4.78, 5) is 2.35. The van der Waals surface area contributed by atoms with Gasteiger partial charge in [-0.3, -0.25) is 0 Å². The SMILES string of the molecule is CN(CCC(O)c1ccc(F)cc1)C1CCCC1. The Hall–Kier alpha value is -0.930. The molecule has 3 heteroatoms. The van der Waals surface area contributed by atoms with Crippen LogP contribution in [0.25, 0.3) is 0 Å². The monoisotopic (exact) mass is 251 g/mol.